The van der Waals surface area contributed by atoms with Crippen molar-refractivity contribution in [3.05, 3.63) is 59.9 Å². The van der Waals surface area contributed by atoms with E-state index in [1.165, 1.54) is 18.9 Å². The zero-order valence-corrected chi connectivity index (χ0v) is 19.4. The van der Waals surface area contributed by atoms with Crippen LogP contribution in [-0.4, -0.2) is 39.7 Å². The Morgan fingerprint density at radius 3 is 2.85 bits per heavy atom. The largest absolute Gasteiger partial charge is 0.494 e. The van der Waals surface area contributed by atoms with Crippen LogP contribution in [0.1, 0.15) is 50.6 Å². The van der Waals surface area contributed by atoms with E-state index in [1.807, 2.05) is 24.3 Å². The molecule has 1 aliphatic heterocycles. The van der Waals surface area contributed by atoms with Crippen molar-refractivity contribution < 1.29 is 19.0 Å². The minimum Gasteiger partial charge on any atom is -0.494 e. The first-order chi connectivity index (χ1) is 16.6. The summed E-state index contributed by atoms with van der Waals surface area (Å²) in [5.41, 5.74) is 1.40. The van der Waals surface area contributed by atoms with Gasteiger partial charge in [0.05, 0.1) is 12.3 Å². The van der Waals surface area contributed by atoms with Crippen molar-refractivity contribution in [2.75, 3.05) is 18.5 Å². The van der Waals surface area contributed by atoms with Crippen LogP contribution in [0.5, 0.6) is 17.2 Å². The number of para-hydroxylation sites is 1. The van der Waals surface area contributed by atoms with Gasteiger partial charge >= 0.3 is 0 Å². The second-order valence-electron chi connectivity index (χ2n) is 8.47. The van der Waals surface area contributed by atoms with Crippen LogP contribution in [0.4, 0.5) is 5.69 Å². The second kappa shape index (κ2) is 11.3. The molecule has 1 amide bonds. The molecule has 1 unspecified atom stereocenters. The van der Waals surface area contributed by atoms with E-state index < -0.39 is 6.10 Å². The van der Waals surface area contributed by atoms with Gasteiger partial charge in [-0.1, -0.05) is 38.5 Å². The summed E-state index contributed by atoms with van der Waals surface area (Å²) in [5.74, 6) is 2.71. The van der Waals surface area contributed by atoms with Gasteiger partial charge in [0, 0.05) is 6.08 Å². The van der Waals surface area contributed by atoms with Gasteiger partial charge in [-0.25, -0.2) is 5.10 Å². The third-order valence-electron chi connectivity index (χ3n) is 5.31. The van der Waals surface area contributed by atoms with Gasteiger partial charge in [0.15, 0.2) is 23.4 Å². The molecule has 9 nitrogen and oxygen atoms in total. The molecule has 2 heterocycles. The summed E-state index contributed by atoms with van der Waals surface area (Å²) < 4.78 is 17.5. The number of hydrogen-bond donors (Lipinski definition) is 2. The molecule has 0 fully saturated rings. The van der Waals surface area contributed by atoms with E-state index in [9.17, 15) is 4.79 Å². The molecule has 34 heavy (non-hydrogen) atoms. The number of rotatable bonds is 10. The lowest BCUT2D eigenvalue weighted by Gasteiger charge is -2.26. The molecular formula is C25H29N5O4. The van der Waals surface area contributed by atoms with Crippen LogP contribution in [0, 0.1) is 5.92 Å². The average Bonchev–Trinajstić information content (AvgIpc) is 3.38. The predicted octanol–water partition coefficient (Wildman–Crippen LogP) is 4.57. The van der Waals surface area contributed by atoms with Crippen molar-refractivity contribution >= 4 is 17.7 Å². The van der Waals surface area contributed by atoms with Gasteiger partial charge < -0.3 is 19.5 Å². The number of carbonyl (C=O) groups is 1. The van der Waals surface area contributed by atoms with Crippen LogP contribution in [0.25, 0.3) is 6.08 Å². The molecule has 2 N–H and O–H groups in total. The van der Waals surface area contributed by atoms with Crippen LogP contribution >= 0.6 is 0 Å². The first-order valence-corrected chi connectivity index (χ1v) is 11.5. The Labute approximate surface area is 198 Å². The highest BCUT2D eigenvalue weighted by molar-refractivity contribution is 6.03. The highest BCUT2D eigenvalue weighted by Crippen LogP contribution is 2.41. The molecule has 0 saturated heterocycles. The molecule has 0 bridgehead atoms. The fourth-order valence-electron chi connectivity index (χ4n) is 3.50. The van der Waals surface area contributed by atoms with Crippen molar-refractivity contribution in [2.24, 2.45) is 5.92 Å². The molecular weight excluding hydrogens is 434 g/mol. The maximum absolute atomic E-state index is 12.5. The van der Waals surface area contributed by atoms with E-state index in [1.54, 1.807) is 24.3 Å². The molecule has 178 valence electrons. The van der Waals surface area contributed by atoms with E-state index in [-0.39, 0.29) is 12.5 Å². The quantitative estimate of drug-likeness (QED) is 0.335. The fraction of sp³-hybridized carbons (Fsp3) is 0.360. The fourth-order valence-corrected chi connectivity index (χ4v) is 3.50. The molecule has 2 aromatic carbocycles. The molecule has 1 aromatic heterocycles. The number of nitrogens with one attached hydrogen (secondary N) is 2. The molecule has 3 aromatic rings. The highest BCUT2D eigenvalue weighted by atomic mass is 16.6. The lowest BCUT2D eigenvalue weighted by Crippen LogP contribution is -2.24. The average molecular weight is 464 g/mol. The number of aromatic amines is 1. The minimum atomic E-state index is -0.493. The van der Waals surface area contributed by atoms with Gasteiger partial charge in [0.2, 0.25) is 5.91 Å². The van der Waals surface area contributed by atoms with E-state index in [0.29, 0.717) is 29.6 Å². The lowest BCUT2D eigenvalue weighted by atomic mass is 10.1. The minimum absolute atomic E-state index is 0.263. The third kappa shape index (κ3) is 6.34. The van der Waals surface area contributed by atoms with E-state index in [4.69, 9.17) is 14.2 Å². The summed E-state index contributed by atoms with van der Waals surface area (Å²) in [4.78, 5) is 12.5. The standard InChI is InChI=1S/C25H29N5O4/c1-17(2)6-3-4-15-32-19-12-9-18(10-13-19)11-14-23(31)26-20-7-5-8-21-24(20)34-22(16-33-21)25-27-29-30-28-25/h5,7-14,17,22H,3-4,6,15-16H2,1-2H3,(H,26,31)(H,27,28,29,30). The Kier molecular flexibility index (Phi) is 7.75. The topological polar surface area (TPSA) is 111 Å². The number of ether oxygens (including phenoxy) is 3. The predicted molar refractivity (Wildman–Crippen MR) is 128 cm³/mol. The number of H-pyrrole nitrogens is 1. The van der Waals surface area contributed by atoms with Gasteiger partial charge in [0.1, 0.15) is 12.4 Å². The summed E-state index contributed by atoms with van der Waals surface area (Å²) in [6.07, 6.45) is 6.17. The monoisotopic (exact) mass is 463 g/mol. The van der Waals surface area contributed by atoms with Gasteiger partial charge in [-0.2, -0.15) is 0 Å². The second-order valence-corrected chi connectivity index (χ2v) is 8.47. The number of fused-ring (bicyclic) bond motifs is 1. The number of aromatic nitrogens is 4. The molecule has 1 atom stereocenters. The van der Waals surface area contributed by atoms with Crippen molar-refractivity contribution in [3.63, 3.8) is 0 Å². The number of amides is 1. The Morgan fingerprint density at radius 1 is 1.24 bits per heavy atom. The SMILES string of the molecule is CC(C)CCCCOc1ccc(C=CC(=O)Nc2cccc3c2OC(c2nnn[nH]2)CO3)cc1. The van der Waals surface area contributed by atoms with Gasteiger partial charge in [0.25, 0.3) is 0 Å². The summed E-state index contributed by atoms with van der Waals surface area (Å²) in [7, 11) is 0. The zero-order valence-electron chi connectivity index (χ0n) is 19.4. The number of hydrogen-bond acceptors (Lipinski definition) is 7. The van der Waals surface area contributed by atoms with Crippen LogP contribution < -0.4 is 19.5 Å². The van der Waals surface area contributed by atoms with Gasteiger partial charge in [-0.3, -0.25) is 4.79 Å². The van der Waals surface area contributed by atoms with Crippen molar-refractivity contribution in [2.45, 2.75) is 39.2 Å². The Morgan fingerprint density at radius 2 is 2.09 bits per heavy atom. The summed E-state index contributed by atoms with van der Waals surface area (Å²) in [6.45, 7) is 5.44. The molecule has 0 spiro atoms. The molecule has 0 radical (unpaired) electrons. The van der Waals surface area contributed by atoms with Gasteiger partial charge in [-0.15, -0.1) is 5.10 Å². The van der Waals surface area contributed by atoms with Gasteiger partial charge in [-0.05, 0) is 65.1 Å². The number of anilines is 1. The summed E-state index contributed by atoms with van der Waals surface area (Å²) >= 11 is 0. The number of tetrazole rings is 1. The molecule has 0 saturated carbocycles. The number of benzene rings is 2. The van der Waals surface area contributed by atoms with Crippen LogP contribution in [0.3, 0.4) is 0 Å². The molecule has 9 heteroatoms. The van der Waals surface area contributed by atoms with Crippen LogP contribution in [0.2, 0.25) is 0 Å². The zero-order chi connectivity index (χ0) is 23.8. The smallest absolute Gasteiger partial charge is 0.248 e. The molecule has 4 rings (SSSR count). The van der Waals surface area contributed by atoms with Crippen LogP contribution in [-0.2, 0) is 4.79 Å². The molecule has 1 aliphatic rings. The number of carbonyl (C=O) groups excluding carboxylic acids is 1. The maximum atomic E-state index is 12.5. The Bertz CT molecular complexity index is 1100. The lowest BCUT2D eigenvalue weighted by molar-refractivity contribution is -0.111. The van der Waals surface area contributed by atoms with E-state index in [2.05, 4.69) is 39.8 Å². The normalized spacial score (nSPS) is 15.0. The van der Waals surface area contributed by atoms with Crippen molar-refractivity contribution in [3.8, 4) is 17.2 Å². The van der Waals surface area contributed by atoms with Crippen molar-refractivity contribution in [1.82, 2.24) is 20.6 Å². The summed E-state index contributed by atoms with van der Waals surface area (Å²) in [5, 5.41) is 16.5. The Balaban J connectivity index is 1.31. The van der Waals surface area contributed by atoms with E-state index in [0.717, 1.165) is 23.7 Å². The van der Waals surface area contributed by atoms with Crippen LogP contribution in [0.15, 0.2) is 48.5 Å². The van der Waals surface area contributed by atoms with Crippen molar-refractivity contribution in [1.29, 1.82) is 0 Å². The first kappa shape index (κ1) is 23.3. The first-order valence-electron chi connectivity index (χ1n) is 11.5. The number of nitrogens with zero attached hydrogens (tertiary/aromatic N) is 3. The van der Waals surface area contributed by atoms with E-state index >= 15 is 0 Å². The highest BCUT2D eigenvalue weighted by Gasteiger charge is 2.27. The molecule has 0 aliphatic carbocycles. The number of unbranched alkanes of at least 4 members (excludes halogenated alkanes) is 1. The summed E-state index contributed by atoms with van der Waals surface area (Å²) in [6, 6.07) is 13.0. The Hall–Kier alpha value is -3.88. The third-order valence-corrected chi connectivity index (χ3v) is 5.31. The maximum Gasteiger partial charge on any atom is 0.248 e.